The van der Waals surface area contributed by atoms with Crippen LogP contribution >= 0.6 is 0 Å². The van der Waals surface area contributed by atoms with Crippen molar-refractivity contribution in [2.45, 2.75) is 6.92 Å². The van der Waals surface area contributed by atoms with Crippen molar-refractivity contribution in [3.63, 3.8) is 0 Å². The van der Waals surface area contributed by atoms with E-state index in [0.29, 0.717) is 43.4 Å². The molecule has 3 aromatic heterocycles. The molecule has 10 nitrogen and oxygen atoms in total. The zero-order valence-corrected chi connectivity index (χ0v) is 19.2. The number of carbonyl (C=O) groups is 2. The van der Waals surface area contributed by atoms with E-state index in [2.05, 4.69) is 20.6 Å². The molecule has 4 N–H and O–H groups in total. The molecule has 3 amide bonds. The number of anilines is 3. The van der Waals surface area contributed by atoms with Gasteiger partial charge in [-0.1, -0.05) is 12.1 Å². The number of hydrogen-bond acceptors (Lipinski definition) is 6. The van der Waals surface area contributed by atoms with Gasteiger partial charge in [0.1, 0.15) is 5.82 Å². The molecule has 0 aliphatic carbocycles. The SMILES string of the molecule is Cc1c(NC(N)=O)cccc1-c1cc(Nc2ccc(C(=O)N3CCOCC3)cn2)c2nccn2c1. The number of benzene rings is 1. The Morgan fingerprint density at radius 2 is 1.91 bits per heavy atom. The lowest BCUT2D eigenvalue weighted by atomic mass is 10.00. The van der Waals surface area contributed by atoms with E-state index >= 15 is 0 Å². The van der Waals surface area contributed by atoms with Crippen LogP contribution in [0.5, 0.6) is 0 Å². The molecule has 0 bridgehead atoms. The van der Waals surface area contributed by atoms with Gasteiger partial charge in [0.05, 0.1) is 24.5 Å². The van der Waals surface area contributed by atoms with Crippen LogP contribution in [0.4, 0.5) is 22.0 Å². The Balaban J connectivity index is 1.44. The number of hydrogen-bond donors (Lipinski definition) is 3. The number of aromatic nitrogens is 3. The van der Waals surface area contributed by atoms with Crippen LogP contribution in [0, 0.1) is 6.92 Å². The molecule has 1 aliphatic rings. The van der Waals surface area contributed by atoms with Crippen LogP contribution in [0.1, 0.15) is 15.9 Å². The molecule has 4 aromatic rings. The van der Waals surface area contributed by atoms with Crippen LogP contribution in [0.2, 0.25) is 0 Å². The molecule has 178 valence electrons. The molecule has 1 saturated heterocycles. The number of amides is 3. The molecule has 0 unspecified atom stereocenters. The number of pyridine rings is 2. The Labute approximate surface area is 201 Å². The molecular weight excluding hydrogens is 446 g/mol. The van der Waals surface area contributed by atoms with E-state index in [9.17, 15) is 9.59 Å². The van der Waals surface area contributed by atoms with E-state index in [1.54, 1.807) is 29.4 Å². The lowest BCUT2D eigenvalue weighted by Gasteiger charge is -2.26. The minimum absolute atomic E-state index is 0.0510. The zero-order chi connectivity index (χ0) is 24.4. The van der Waals surface area contributed by atoms with Gasteiger partial charge in [-0.3, -0.25) is 4.79 Å². The summed E-state index contributed by atoms with van der Waals surface area (Å²) in [5.41, 5.74) is 10.7. The number of nitrogens with one attached hydrogen (secondary N) is 2. The van der Waals surface area contributed by atoms with Crippen LogP contribution in [0.15, 0.2) is 61.2 Å². The van der Waals surface area contributed by atoms with Gasteiger partial charge in [-0.25, -0.2) is 14.8 Å². The van der Waals surface area contributed by atoms with Crippen molar-refractivity contribution >= 4 is 34.8 Å². The highest BCUT2D eigenvalue weighted by Crippen LogP contribution is 2.32. The molecule has 10 heteroatoms. The number of primary amides is 1. The minimum atomic E-state index is -0.612. The van der Waals surface area contributed by atoms with E-state index in [4.69, 9.17) is 10.5 Å². The highest BCUT2D eigenvalue weighted by atomic mass is 16.5. The number of ether oxygens (including phenoxy) is 1. The predicted octanol–water partition coefficient (Wildman–Crippen LogP) is 3.41. The number of urea groups is 1. The molecule has 5 rings (SSSR count). The second-order valence-electron chi connectivity index (χ2n) is 8.23. The summed E-state index contributed by atoms with van der Waals surface area (Å²) in [5.74, 6) is 0.538. The first-order valence-electron chi connectivity index (χ1n) is 11.2. The van der Waals surface area contributed by atoms with Gasteiger partial charge < -0.3 is 30.4 Å². The third kappa shape index (κ3) is 4.64. The average molecular weight is 472 g/mol. The second-order valence-corrected chi connectivity index (χ2v) is 8.23. The normalized spacial score (nSPS) is 13.6. The van der Waals surface area contributed by atoms with Crippen LogP contribution in [-0.2, 0) is 4.74 Å². The number of nitrogens with two attached hydrogens (primary N) is 1. The van der Waals surface area contributed by atoms with Gasteiger partial charge in [-0.15, -0.1) is 0 Å². The number of carbonyl (C=O) groups excluding carboxylic acids is 2. The molecule has 0 saturated carbocycles. The molecule has 0 radical (unpaired) electrons. The van der Waals surface area contributed by atoms with E-state index in [1.165, 1.54) is 0 Å². The lowest BCUT2D eigenvalue weighted by Crippen LogP contribution is -2.40. The van der Waals surface area contributed by atoms with Gasteiger partial charge in [0, 0.05) is 49.1 Å². The van der Waals surface area contributed by atoms with Crippen molar-refractivity contribution in [1.29, 1.82) is 0 Å². The number of fused-ring (bicyclic) bond motifs is 1. The summed E-state index contributed by atoms with van der Waals surface area (Å²) in [6.07, 6.45) is 7.14. The summed E-state index contributed by atoms with van der Waals surface area (Å²) in [6, 6.07) is 10.6. The smallest absolute Gasteiger partial charge is 0.316 e. The Bertz CT molecular complexity index is 1390. The van der Waals surface area contributed by atoms with Gasteiger partial charge in [-0.05, 0) is 42.3 Å². The topological polar surface area (TPSA) is 127 Å². The zero-order valence-electron chi connectivity index (χ0n) is 19.2. The molecular formula is C25H25N7O3. The highest BCUT2D eigenvalue weighted by molar-refractivity contribution is 5.94. The van der Waals surface area contributed by atoms with Gasteiger partial charge in [0.15, 0.2) is 5.65 Å². The molecule has 35 heavy (non-hydrogen) atoms. The van der Waals surface area contributed by atoms with Crippen molar-refractivity contribution in [1.82, 2.24) is 19.3 Å². The summed E-state index contributed by atoms with van der Waals surface area (Å²) in [5, 5.41) is 5.99. The van der Waals surface area contributed by atoms with Gasteiger partial charge >= 0.3 is 6.03 Å². The fourth-order valence-electron chi connectivity index (χ4n) is 4.17. The fourth-order valence-corrected chi connectivity index (χ4v) is 4.17. The molecule has 0 spiro atoms. The molecule has 1 fully saturated rings. The first-order chi connectivity index (χ1) is 17.0. The third-order valence-electron chi connectivity index (χ3n) is 5.96. The van der Waals surface area contributed by atoms with Crippen LogP contribution in [-0.4, -0.2) is 57.5 Å². The molecule has 1 aromatic carbocycles. The third-order valence-corrected chi connectivity index (χ3v) is 5.96. The second kappa shape index (κ2) is 9.43. The minimum Gasteiger partial charge on any atom is -0.378 e. The van der Waals surface area contributed by atoms with Crippen molar-refractivity contribution in [2.24, 2.45) is 5.73 Å². The van der Waals surface area contributed by atoms with Crippen LogP contribution < -0.4 is 16.4 Å². The average Bonchev–Trinajstić information content (AvgIpc) is 3.35. The quantitative estimate of drug-likeness (QED) is 0.409. The monoisotopic (exact) mass is 471 g/mol. The predicted molar refractivity (Wildman–Crippen MR) is 133 cm³/mol. The Kier molecular flexibility index (Phi) is 6.02. The molecule has 0 atom stereocenters. The maximum atomic E-state index is 12.7. The Hall–Kier alpha value is -4.44. The lowest BCUT2D eigenvalue weighted by molar-refractivity contribution is 0.0302. The summed E-state index contributed by atoms with van der Waals surface area (Å²) in [6.45, 7) is 4.20. The number of rotatable bonds is 5. The first-order valence-corrected chi connectivity index (χ1v) is 11.2. The summed E-state index contributed by atoms with van der Waals surface area (Å²) in [7, 11) is 0. The van der Waals surface area contributed by atoms with Crippen LogP contribution in [0.3, 0.4) is 0 Å². The van der Waals surface area contributed by atoms with Crippen molar-refractivity contribution in [3.05, 3.63) is 72.3 Å². The standard InChI is InChI=1S/C25H25N7O3/c1-16-19(3-2-4-20(16)30-25(26)34)18-13-21(23-27-7-8-32(23)15-18)29-22-6-5-17(14-28-22)24(33)31-9-11-35-12-10-31/h2-8,13-15H,9-12H2,1H3,(H,28,29)(H3,26,30,34). The van der Waals surface area contributed by atoms with Crippen molar-refractivity contribution in [2.75, 3.05) is 36.9 Å². The molecule has 1 aliphatic heterocycles. The van der Waals surface area contributed by atoms with E-state index in [0.717, 1.165) is 28.0 Å². The van der Waals surface area contributed by atoms with E-state index in [1.807, 2.05) is 48.0 Å². The Morgan fingerprint density at radius 3 is 2.66 bits per heavy atom. The van der Waals surface area contributed by atoms with E-state index < -0.39 is 6.03 Å². The summed E-state index contributed by atoms with van der Waals surface area (Å²) >= 11 is 0. The van der Waals surface area contributed by atoms with Crippen molar-refractivity contribution in [3.8, 4) is 11.1 Å². The highest BCUT2D eigenvalue weighted by Gasteiger charge is 2.19. The molecule has 4 heterocycles. The van der Waals surface area contributed by atoms with Crippen molar-refractivity contribution < 1.29 is 14.3 Å². The van der Waals surface area contributed by atoms with Gasteiger partial charge in [0.2, 0.25) is 0 Å². The number of morpholine rings is 1. The summed E-state index contributed by atoms with van der Waals surface area (Å²) < 4.78 is 7.24. The van der Waals surface area contributed by atoms with E-state index in [-0.39, 0.29) is 5.91 Å². The van der Waals surface area contributed by atoms with Gasteiger partial charge in [0.25, 0.3) is 5.91 Å². The maximum absolute atomic E-state index is 12.7. The number of nitrogens with zero attached hydrogens (tertiary/aromatic N) is 4. The summed E-state index contributed by atoms with van der Waals surface area (Å²) in [4.78, 5) is 34.8. The Morgan fingerprint density at radius 1 is 1.09 bits per heavy atom. The number of imidazole rings is 1. The largest absolute Gasteiger partial charge is 0.378 e. The fraction of sp³-hybridized carbons (Fsp3) is 0.200. The van der Waals surface area contributed by atoms with Crippen LogP contribution in [0.25, 0.3) is 16.8 Å². The maximum Gasteiger partial charge on any atom is 0.316 e. The van der Waals surface area contributed by atoms with Gasteiger partial charge in [-0.2, -0.15) is 0 Å². The first kappa shape index (κ1) is 22.4.